The molecule has 0 saturated carbocycles. The van der Waals surface area contributed by atoms with E-state index in [-0.39, 0.29) is 11.5 Å². The molecule has 2 aliphatic rings. The van der Waals surface area contributed by atoms with Gasteiger partial charge in [0.2, 0.25) is 0 Å². The van der Waals surface area contributed by atoms with Gasteiger partial charge in [0.05, 0.1) is 36.4 Å². The number of aliphatic carboxylic acids is 1. The quantitative estimate of drug-likeness (QED) is 0.515. The zero-order valence-electron chi connectivity index (χ0n) is 23.0. The Kier molecular flexibility index (Phi) is 8.09. The minimum atomic E-state index is -1.14. The molecule has 0 unspecified atom stereocenters. The molecule has 0 aromatic carbocycles. The van der Waals surface area contributed by atoms with Crippen LogP contribution in [-0.2, 0) is 14.3 Å². The first-order valence-corrected chi connectivity index (χ1v) is 13.3. The minimum Gasteiger partial charge on any atom is -0.489 e. The van der Waals surface area contributed by atoms with Crippen molar-refractivity contribution in [1.82, 2.24) is 9.97 Å². The molecule has 8 nitrogen and oxygen atoms in total. The zero-order valence-corrected chi connectivity index (χ0v) is 23.0. The van der Waals surface area contributed by atoms with E-state index in [0.717, 1.165) is 61.5 Å². The highest BCUT2D eigenvalue weighted by molar-refractivity contribution is 5.85. The Balaban J connectivity index is 1.76. The van der Waals surface area contributed by atoms with E-state index in [4.69, 9.17) is 19.2 Å². The van der Waals surface area contributed by atoms with Crippen LogP contribution >= 0.6 is 0 Å². The summed E-state index contributed by atoms with van der Waals surface area (Å²) in [4.78, 5) is 24.2. The molecular formula is C29H41N3O5. The lowest BCUT2D eigenvalue weighted by Gasteiger charge is -2.40. The third kappa shape index (κ3) is 6.79. The second kappa shape index (κ2) is 11.0. The van der Waals surface area contributed by atoms with Crippen molar-refractivity contribution in [2.45, 2.75) is 85.0 Å². The number of aryl methyl sites for hydroxylation is 1. The lowest BCUT2D eigenvalue weighted by atomic mass is 9.82. The SMILES string of the molecule is Cc1ncc(-c2ccc(OC3CCOCC3)cn2)c(N2CCC(C)(C)CC2)c1[C@H](OC(C)(C)C)C(=O)O. The van der Waals surface area contributed by atoms with E-state index in [2.05, 4.69) is 23.7 Å². The number of anilines is 1. The van der Waals surface area contributed by atoms with E-state index >= 15 is 0 Å². The summed E-state index contributed by atoms with van der Waals surface area (Å²) >= 11 is 0. The summed E-state index contributed by atoms with van der Waals surface area (Å²) < 4.78 is 17.7. The van der Waals surface area contributed by atoms with E-state index in [1.807, 2.05) is 46.0 Å². The number of carboxylic acids is 1. The topological polar surface area (TPSA) is 94.0 Å². The minimum absolute atomic E-state index is 0.132. The highest BCUT2D eigenvalue weighted by Crippen LogP contribution is 2.43. The summed E-state index contributed by atoms with van der Waals surface area (Å²) in [6.07, 6.45) is 6.30. The Hall–Kier alpha value is -2.71. The average Bonchev–Trinajstić information content (AvgIpc) is 2.83. The van der Waals surface area contributed by atoms with Gasteiger partial charge in [0.1, 0.15) is 11.9 Å². The smallest absolute Gasteiger partial charge is 0.337 e. The normalized spacial score (nSPS) is 19.5. The second-order valence-corrected chi connectivity index (χ2v) is 11.9. The van der Waals surface area contributed by atoms with Crippen molar-refractivity contribution in [2.24, 2.45) is 5.41 Å². The van der Waals surface area contributed by atoms with Crippen LogP contribution in [-0.4, -0.2) is 59.1 Å². The van der Waals surface area contributed by atoms with Crippen molar-refractivity contribution in [1.29, 1.82) is 0 Å². The standard InChI is InChI=1S/C29H41N3O5/c1-19-24(26(27(33)34)37-28(2,3)4)25(32-13-11-29(5,6)12-14-32)22(18-30-19)23-8-7-21(17-31-23)36-20-9-15-35-16-10-20/h7-8,17-18,20,26H,9-16H2,1-6H3,(H,33,34)/t26-/m0/s1. The van der Waals surface area contributed by atoms with E-state index < -0.39 is 17.7 Å². The van der Waals surface area contributed by atoms with E-state index in [9.17, 15) is 9.90 Å². The summed E-state index contributed by atoms with van der Waals surface area (Å²) in [5, 5.41) is 10.3. The first kappa shape index (κ1) is 27.3. The number of hydrogen-bond acceptors (Lipinski definition) is 7. The summed E-state index contributed by atoms with van der Waals surface area (Å²) in [5.41, 5.74) is 3.24. The monoisotopic (exact) mass is 511 g/mol. The van der Waals surface area contributed by atoms with Gasteiger partial charge in [0.15, 0.2) is 6.10 Å². The molecule has 2 aromatic heterocycles. The number of hydrogen-bond donors (Lipinski definition) is 1. The van der Waals surface area contributed by atoms with Crippen LogP contribution in [0.4, 0.5) is 5.69 Å². The molecule has 0 aliphatic carbocycles. The predicted octanol–water partition coefficient (Wildman–Crippen LogP) is 5.58. The molecule has 0 radical (unpaired) electrons. The Bertz CT molecular complexity index is 1080. The molecule has 4 rings (SSSR count). The van der Waals surface area contributed by atoms with E-state index in [0.29, 0.717) is 24.5 Å². The molecule has 4 heterocycles. The number of rotatable bonds is 7. The van der Waals surface area contributed by atoms with Crippen molar-refractivity contribution in [3.63, 3.8) is 0 Å². The Morgan fingerprint density at radius 2 is 1.81 bits per heavy atom. The summed E-state index contributed by atoms with van der Waals surface area (Å²) in [5.74, 6) is -0.305. The molecule has 37 heavy (non-hydrogen) atoms. The van der Waals surface area contributed by atoms with Gasteiger partial charge in [-0.2, -0.15) is 0 Å². The maximum atomic E-state index is 12.5. The van der Waals surface area contributed by atoms with Crippen molar-refractivity contribution >= 4 is 11.7 Å². The number of ether oxygens (including phenoxy) is 3. The van der Waals surface area contributed by atoms with E-state index in [1.54, 1.807) is 6.20 Å². The van der Waals surface area contributed by atoms with Crippen LogP contribution in [0.5, 0.6) is 5.75 Å². The van der Waals surface area contributed by atoms with Crippen LogP contribution in [0.3, 0.4) is 0 Å². The molecule has 2 aromatic rings. The van der Waals surface area contributed by atoms with Gasteiger partial charge < -0.3 is 24.2 Å². The zero-order chi connectivity index (χ0) is 26.8. The van der Waals surface area contributed by atoms with Gasteiger partial charge in [-0.25, -0.2) is 4.79 Å². The first-order chi connectivity index (χ1) is 17.4. The second-order valence-electron chi connectivity index (χ2n) is 11.9. The van der Waals surface area contributed by atoms with Crippen LogP contribution in [0.2, 0.25) is 0 Å². The number of aromatic nitrogens is 2. The van der Waals surface area contributed by atoms with Gasteiger partial charge in [0, 0.05) is 48.9 Å². The molecule has 0 bridgehead atoms. The molecule has 202 valence electrons. The average molecular weight is 512 g/mol. The van der Waals surface area contributed by atoms with Crippen molar-refractivity contribution in [2.75, 3.05) is 31.2 Å². The molecular weight excluding hydrogens is 470 g/mol. The van der Waals surface area contributed by atoms with Gasteiger partial charge in [-0.1, -0.05) is 13.8 Å². The van der Waals surface area contributed by atoms with Crippen LogP contribution in [0.25, 0.3) is 11.3 Å². The van der Waals surface area contributed by atoms with Crippen LogP contribution in [0, 0.1) is 12.3 Å². The maximum absolute atomic E-state index is 12.5. The number of carbonyl (C=O) groups is 1. The van der Waals surface area contributed by atoms with Crippen LogP contribution in [0.15, 0.2) is 24.5 Å². The third-order valence-electron chi connectivity index (χ3n) is 7.16. The maximum Gasteiger partial charge on any atom is 0.337 e. The lowest BCUT2D eigenvalue weighted by molar-refractivity contribution is -0.160. The fourth-order valence-corrected chi connectivity index (χ4v) is 4.97. The van der Waals surface area contributed by atoms with Gasteiger partial charge in [0.25, 0.3) is 0 Å². The fourth-order valence-electron chi connectivity index (χ4n) is 4.97. The molecule has 0 amide bonds. The highest BCUT2D eigenvalue weighted by Gasteiger charge is 2.36. The predicted molar refractivity (Wildman–Crippen MR) is 143 cm³/mol. The summed E-state index contributed by atoms with van der Waals surface area (Å²) in [6, 6.07) is 3.86. The van der Waals surface area contributed by atoms with Crippen molar-refractivity contribution in [3.05, 3.63) is 35.8 Å². The first-order valence-electron chi connectivity index (χ1n) is 13.3. The molecule has 2 fully saturated rings. The Morgan fingerprint density at radius 3 is 2.38 bits per heavy atom. The Morgan fingerprint density at radius 1 is 1.14 bits per heavy atom. The highest BCUT2D eigenvalue weighted by atomic mass is 16.5. The molecule has 2 saturated heterocycles. The number of piperidine rings is 1. The molecule has 2 aliphatic heterocycles. The van der Waals surface area contributed by atoms with E-state index in [1.165, 1.54) is 0 Å². The fraction of sp³-hybridized carbons (Fsp3) is 0.621. The molecule has 8 heteroatoms. The molecule has 1 atom stereocenters. The molecule has 1 N–H and O–H groups in total. The van der Waals surface area contributed by atoms with Crippen molar-refractivity contribution in [3.8, 4) is 17.0 Å². The van der Waals surface area contributed by atoms with Gasteiger partial charge in [-0.15, -0.1) is 0 Å². The van der Waals surface area contributed by atoms with Crippen LogP contribution in [0.1, 0.15) is 77.7 Å². The van der Waals surface area contributed by atoms with Gasteiger partial charge >= 0.3 is 5.97 Å². The van der Waals surface area contributed by atoms with Gasteiger partial charge in [-0.3, -0.25) is 9.97 Å². The summed E-state index contributed by atoms with van der Waals surface area (Å²) in [7, 11) is 0. The van der Waals surface area contributed by atoms with Crippen LogP contribution < -0.4 is 9.64 Å². The van der Waals surface area contributed by atoms with Gasteiger partial charge in [-0.05, 0) is 58.1 Å². The third-order valence-corrected chi connectivity index (χ3v) is 7.16. The number of pyridine rings is 2. The largest absolute Gasteiger partial charge is 0.489 e. The Labute approximate surface area is 220 Å². The summed E-state index contributed by atoms with van der Waals surface area (Å²) in [6.45, 7) is 15.1. The molecule has 0 spiro atoms. The lowest BCUT2D eigenvalue weighted by Crippen LogP contribution is -2.39. The van der Waals surface area contributed by atoms with Crippen molar-refractivity contribution < 1.29 is 24.1 Å². The number of nitrogens with zero attached hydrogens (tertiary/aromatic N) is 3. The number of carboxylic acid groups (broad SMARTS) is 1.